The van der Waals surface area contributed by atoms with Crippen molar-refractivity contribution in [3.63, 3.8) is 0 Å². The Hall–Kier alpha value is -1.48. The average molecular weight is 274 g/mol. The van der Waals surface area contributed by atoms with E-state index < -0.39 is 0 Å². The van der Waals surface area contributed by atoms with Gasteiger partial charge in [-0.3, -0.25) is 0 Å². The van der Waals surface area contributed by atoms with Gasteiger partial charge >= 0.3 is 0 Å². The van der Waals surface area contributed by atoms with E-state index in [-0.39, 0.29) is 6.10 Å². The normalized spacial score (nSPS) is 11.7. The van der Waals surface area contributed by atoms with Crippen LogP contribution in [0.5, 0.6) is 5.75 Å². The van der Waals surface area contributed by atoms with Crippen LogP contribution in [0.25, 0.3) is 10.9 Å². The van der Waals surface area contributed by atoms with Gasteiger partial charge in [-0.05, 0) is 44.5 Å². The number of hydrogen-bond donors (Lipinski definition) is 1. The van der Waals surface area contributed by atoms with Crippen molar-refractivity contribution in [1.82, 2.24) is 9.88 Å². The number of ether oxygens (including phenoxy) is 1. The fourth-order valence-electron chi connectivity index (χ4n) is 2.34. The first-order valence-corrected chi connectivity index (χ1v) is 7.53. The first-order chi connectivity index (χ1) is 9.58. The van der Waals surface area contributed by atoms with Gasteiger partial charge in [0.1, 0.15) is 5.75 Å². The van der Waals surface area contributed by atoms with E-state index >= 15 is 0 Å². The highest BCUT2D eigenvalue weighted by Crippen LogP contribution is 2.27. The van der Waals surface area contributed by atoms with Gasteiger partial charge in [0.25, 0.3) is 0 Å². The number of fused-ring (bicyclic) bond motifs is 1. The minimum atomic E-state index is 0.205. The van der Waals surface area contributed by atoms with Gasteiger partial charge < -0.3 is 14.6 Å². The Bertz CT molecular complexity index is 543. The van der Waals surface area contributed by atoms with Crippen molar-refractivity contribution >= 4 is 10.9 Å². The lowest BCUT2D eigenvalue weighted by Gasteiger charge is -2.12. The Labute approximate surface area is 121 Å². The Morgan fingerprint density at radius 1 is 1.15 bits per heavy atom. The summed E-state index contributed by atoms with van der Waals surface area (Å²) in [5, 5.41) is 4.68. The van der Waals surface area contributed by atoms with Crippen molar-refractivity contribution in [2.24, 2.45) is 5.92 Å². The second-order valence-corrected chi connectivity index (χ2v) is 5.96. The van der Waals surface area contributed by atoms with E-state index in [1.165, 1.54) is 10.9 Å². The molecule has 0 saturated carbocycles. The third-order valence-corrected chi connectivity index (χ3v) is 3.22. The topological polar surface area (TPSA) is 26.2 Å². The summed E-state index contributed by atoms with van der Waals surface area (Å²) in [6, 6.07) is 8.42. The van der Waals surface area contributed by atoms with Crippen LogP contribution in [0.15, 0.2) is 30.5 Å². The SMILES string of the molecule is CC(C)CNCCn1ccc2c(OC(C)C)cccc21. The Balaban J connectivity index is 2.08. The third kappa shape index (κ3) is 3.76. The van der Waals surface area contributed by atoms with E-state index in [9.17, 15) is 0 Å². The molecule has 1 heterocycles. The summed E-state index contributed by atoms with van der Waals surface area (Å²) in [7, 11) is 0. The highest BCUT2D eigenvalue weighted by molar-refractivity contribution is 5.86. The lowest BCUT2D eigenvalue weighted by molar-refractivity contribution is 0.245. The molecule has 1 N–H and O–H groups in total. The molecular weight excluding hydrogens is 248 g/mol. The summed E-state index contributed by atoms with van der Waals surface area (Å²) >= 11 is 0. The second kappa shape index (κ2) is 6.80. The average Bonchev–Trinajstić information content (AvgIpc) is 2.78. The van der Waals surface area contributed by atoms with Crippen LogP contribution < -0.4 is 10.1 Å². The molecule has 1 aromatic carbocycles. The Morgan fingerprint density at radius 2 is 1.95 bits per heavy atom. The minimum absolute atomic E-state index is 0.205. The maximum absolute atomic E-state index is 5.87. The van der Waals surface area contributed by atoms with Crippen LogP contribution in [0.3, 0.4) is 0 Å². The zero-order chi connectivity index (χ0) is 14.5. The maximum Gasteiger partial charge on any atom is 0.129 e. The van der Waals surface area contributed by atoms with Crippen LogP contribution in [0.1, 0.15) is 27.7 Å². The molecule has 0 radical (unpaired) electrons. The highest BCUT2D eigenvalue weighted by atomic mass is 16.5. The number of nitrogens with one attached hydrogen (secondary N) is 1. The Morgan fingerprint density at radius 3 is 2.65 bits per heavy atom. The zero-order valence-electron chi connectivity index (χ0n) is 13.0. The third-order valence-electron chi connectivity index (χ3n) is 3.22. The lowest BCUT2D eigenvalue weighted by atomic mass is 10.2. The second-order valence-electron chi connectivity index (χ2n) is 5.96. The van der Waals surface area contributed by atoms with Crippen molar-refractivity contribution in [2.75, 3.05) is 13.1 Å². The summed E-state index contributed by atoms with van der Waals surface area (Å²) in [5.74, 6) is 1.67. The van der Waals surface area contributed by atoms with E-state index in [0.29, 0.717) is 5.92 Å². The molecule has 2 aromatic rings. The number of rotatable bonds is 7. The molecule has 20 heavy (non-hydrogen) atoms. The number of nitrogens with zero attached hydrogens (tertiary/aromatic N) is 1. The number of hydrogen-bond acceptors (Lipinski definition) is 2. The quantitative estimate of drug-likeness (QED) is 0.780. The zero-order valence-corrected chi connectivity index (χ0v) is 13.0. The summed E-state index contributed by atoms with van der Waals surface area (Å²) in [6.45, 7) is 11.6. The molecule has 0 saturated heterocycles. The van der Waals surface area contributed by atoms with Gasteiger partial charge in [0, 0.05) is 24.7 Å². The van der Waals surface area contributed by atoms with E-state index in [2.05, 4.69) is 62.0 Å². The molecular formula is C17H26N2O. The molecule has 0 aliphatic carbocycles. The minimum Gasteiger partial charge on any atom is -0.490 e. The summed E-state index contributed by atoms with van der Waals surface area (Å²) in [6.07, 6.45) is 2.35. The molecule has 0 amide bonds. The molecule has 0 spiro atoms. The van der Waals surface area contributed by atoms with Crippen molar-refractivity contribution in [3.05, 3.63) is 30.5 Å². The predicted octanol–water partition coefficient (Wildman–Crippen LogP) is 3.67. The smallest absolute Gasteiger partial charge is 0.129 e. The van der Waals surface area contributed by atoms with E-state index in [1.54, 1.807) is 0 Å². The number of benzene rings is 1. The monoisotopic (exact) mass is 274 g/mol. The van der Waals surface area contributed by atoms with Gasteiger partial charge in [-0.2, -0.15) is 0 Å². The molecule has 0 fully saturated rings. The first kappa shape index (κ1) is 14.9. The van der Waals surface area contributed by atoms with Crippen LogP contribution in [-0.4, -0.2) is 23.8 Å². The molecule has 2 rings (SSSR count). The Kier molecular flexibility index (Phi) is 5.07. The van der Waals surface area contributed by atoms with Gasteiger partial charge in [0.15, 0.2) is 0 Å². The van der Waals surface area contributed by atoms with E-state index in [0.717, 1.165) is 25.4 Å². The van der Waals surface area contributed by atoms with Gasteiger partial charge in [-0.1, -0.05) is 19.9 Å². The van der Waals surface area contributed by atoms with Crippen LogP contribution in [0, 0.1) is 5.92 Å². The fraction of sp³-hybridized carbons (Fsp3) is 0.529. The molecule has 3 nitrogen and oxygen atoms in total. The number of aromatic nitrogens is 1. The summed E-state index contributed by atoms with van der Waals surface area (Å²) < 4.78 is 8.16. The summed E-state index contributed by atoms with van der Waals surface area (Å²) in [5.41, 5.74) is 1.24. The van der Waals surface area contributed by atoms with Crippen molar-refractivity contribution in [1.29, 1.82) is 0 Å². The standard InChI is InChI=1S/C17H26N2O/c1-13(2)12-18-9-11-19-10-8-15-16(19)6-5-7-17(15)20-14(3)4/h5-8,10,13-14,18H,9,11-12H2,1-4H3. The van der Waals surface area contributed by atoms with Gasteiger partial charge in [-0.15, -0.1) is 0 Å². The molecule has 0 bridgehead atoms. The molecule has 0 aliphatic heterocycles. The maximum atomic E-state index is 5.87. The van der Waals surface area contributed by atoms with Crippen LogP contribution in [0.4, 0.5) is 0 Å². The van der Waals surface area contributed by atoms with Crippen molar-refractivity contribution in [3.8, 4) is 5.75 Å². The molecule has 0 atom stereocenters. The predicted molar refractivity (Wildman–Crippen MR) is 85.4 cm³/mol. The van der Waals surface area contributed by atoms with Gasteiger partial charge in [-0.25, -0.2) is 0 Å². The lowest BCUT2D eigenvalue weighted by Crippen LogP contribution is -2.23. The van der Waals surface area contributed by atoms with Gasteiger partial charge in [0.2, 0.25) is 0 Å². The molecule has 1 aromatic heterocycles. The molecule has 110 valence electrons. The molecule has 0 aliphatic rings. The summed E-state index contributed by atoms with van der Waals surface area (Å²) in [4.78, 5) is 0. The largest absolute Gasteiger partial charge is 0.490 e. The highest BCUT2D eigenvalue weighted by Gasteiger charge is 2.07. The van der Waals surface area contributed by atoms with Crippen molar-refractivity contribution < 1.29 is 4.74 Å². The van der Waals surface area contributed by atoms with E-state index in [1.807, 2.05) is 6.07 Å². The first-order valence-electron chi connectivity index (χ1n) is 7.53. The van der Waals surface area contributed by atoms with Crippen LogP contribution in [0.2, 0.25) is 0 Å². The van der Waals surface area contributed by atoms with Crippen molar-refractivity contribution in [2.45, 2.75) is 40.3 Å². The fourth-order valence-corrected chi connectivity index (χ4v) is 2.34. The molecule has 0 unspecified atom stereocenters. The van der Waals surface area contributed by atoms with Gasteiger partial charge in [0.05, 0.1) is 11.6 Å². The van der Waals surface area contributed by atoms with E-state index in [4.69, 9.17) is 4.74 Å². The van der Waals surface area contributed by atoms with Crippen LogP contribution >= 0.6 is 0 Å². The van der Waals surface area contributed by atoms with Crippen LogP contribution in [-0.2, 0) is 6.54 Å². The molecule has 3 heteroatoms.